The molecule has 5 nitrogen and oxygen atoms in total. The number of carbonyl (C=O) groups excluding carboxylic acids is 1. The van der Waals surface area contributed by atoms with Crippen molar-refractivity contribution in [2.75, 3.05) is 0 Å². The van der Waals surface area contributed by atoms with Crippen LogP contribution in [0.3, 0.4) is 0 Å². The van der Waals surface area contributed by atoms with E-state index in [0.29, 0.717) is 0 Å². The summed E-state index contributed by atoms with van der Waals surface area (Å²) in [5.41, 5.74) is 0.0629. The van der Waals surface area contributed by atoms with Crippen LogP contribution in [0.25, 0.3) is 0 Å². The number of aliphatic imine (C=N–C) groups is 1. The van der Waals surface area contributed by atoms with Crippen molar-refractivity contribution in [1.82, 2.24) is 0 Å². The number of hydrogen-bond acceptors (Lipinski definition) is 4. The van der Waals surface area contributed by atoms with Gasteiger partial charge in [0.05, 0.1) is 16.8 Å². The average molecular weight is 188 g/mol. The molecule has 1 aromatic carbocycles. The monoisotopic (exact) mass is 188 g/mol. The summed E-state index contributed by atoms with van der Waals surface area (Å²) in [5.74, 6) is -1.19. The number of hydrogen-bond donors (Lipinski definition) is 1. The SMILES string of the molecule is N#Cc1cc(N=C=O)ccc1C(=O)O. The minimum atomic E-state index is -1.19. The maximum Gasteiger partial charge on any atom is 0.337 e. The standard InChI is InChI=1S/C9H4N2O3/c10-4-6-3-7(11-5-12)1-2-8(6)9(13)14/h1-3H,(H,13,14). The summed E-state index contributed by atoms with van der Waals surface area (Å²) in [5, 5.41) is 17.3. The molecule has 1 N–H and O–H groups in total. The Morgan fingerprint density at radius 1 is 1.50 bits per heavy atom. The Morgan fingerprint density at radius 3 is 2.71 bits per heavy atom. The molecule has 0 amide bonds. The fourth-order valence-corrected chi connectivity index (χ4v) is 0.933. The van der Waals surface area contributed by atoms with E-state index in [0.717, 1.165) is 0 Å². The first-order valence-electron chi connectivity index (χ1n) is 3.54. The number of benzene rings is 1. The quantitative estimate of drug-likeness (QED) is 0.558. The molecule has 0 saturated heterocycles. The van der Waals surface area contributed by atoms with E-state index in [1.807, 2.05) is 0 Å². The van der Waals surface area contributed by atoms with Gasteiger partial charge in [-0.05, 0) is 18.2 Å². The Morgan fingerprint density at radius 2 is 2.21 bits per heavy atom. The van der Waals surface area contributed by atoms with Crippen molar-refractivity contribution in [3.05, 3.63) is 29.3 Å². The Kier molecular flexibility index (Phi) is 2.75. The minimum absolute atomic E-state index is 0.0333. The van der Waals surface area contributed by atoms with Gasteiger partial charge in [-0.15, -0.1) is 0 Å². The second-order valence-electron chi connectivity index (χ2n) is 2.35. The van der Waals surface area contributed by atoms with Gasteiger partial charge >= 0.3 is 5.97 Å². The largest absolute Gasteiger partial charge is 0.478 e. The van der Waals surface area contributed by atoms with E-state index in [1.165, 1.54) is 24.3 Å². The van der Waals surface area contributed by atoms with Crippen LogP contribution in [0, 0.1) is 11.3 Å². The number of isocyanates is 1. The third-order valence-electron chi connectivity index (χ3n) is 1.53. The Labute approximate surface area is 78.9 Å². The zero-order valence-electron chi connectivity index (χ0n) is 6.89. The van der Waals surface area contributed by atoms with Crippen LogP contribution in [0.15, 0.2) is 23.2 Å². The second kappa shape index (κ2) is 3.99. The van der Waals surface area contributed by atoms with Gasteiger partial charge in [-0.3, -0.25) is 0 Å². The Balaban J connectivity index is 3.33. The number of nitriles is 1. The zero-order chi connectivity index (χ0) is 10.6. The van der Waals surface area contributed by atoms with Crippen LogP contribution in [0.4, 0.5) is 5.69 Å². The highest BCUT2D eigenvalue weighted by Crippen LogP contribution is 2.17. The summed E-state index contributed by atoms with van der Waals surface area (Å²) >= 11 is 0. The highest BCUT2D eigenvalue weighted by molar-refractivity contribution is 5.91. The molecule has 68 valence electrons. The van der Waals surface area contributed by atoms with Crippen molar-refractivity contribution < 1.29 is 14.7 Å². The first kappa shape index (κ1) is 9.65. The first-order chi connectivity index (χ1) is 6.69. The van der Waals surface area contributed by atoms with Crippen LogP contribution in [-0.2, 0) is 4.79 Å². The van der Waals surface area contributed by atoms with Gasteiger partial charge in [0.25, 0.3) is 0 Å². The van der Waals surface area contributed by atoms with Gasteiger partial charge in [0.2, 0.25) is 6.08 Å². The van der Waals surface area contributed by atoms with E-state index in [1.54, 1.807) is 6.07 Å². The molecule has 0 heterocycles. The van der Waals surface area contributed by atoms with E-state index in [2.05, 4.69) is 4.99 Å². The molecule has 14 heavy (non-hydrogen) atoms. The van der Waals surface area contributed by atoms with Gasteiger partial charge in [-0.2, -0.15) is 10.3 Å². The van der Waals surface area contributed by atoms with Gasteiger partial charge in [-0.1, -0.05) is 0 Å². The van der Waals surface area contributed by atoms with Crippen LogP contribution >= 0.6 is 0 Å². The van der Waals surface area contributed by atoms with Crippen LogP contribution in [0.1, 0.15) is 15.9 Å². The number of rotatable bonds is 2. The predicted molar refractivity (Wildman–Crippen MR) is 45.9 cm³/mol. The van der Waals surface area contributed by atoms with Gasteiger partial charge in [0.1, 0.15) is 6.07 Å². The van der Waals surface area contributed by atoms with Crippen molar-refractivity contribution in [1.29, 1.82) is 5.26 Å². The number of nitrogens with zero attached hydrogens (tertiary/aromatic N) is 2. The number of carbonyl (C=O) groups is 1. The summed E-state index contributed by atoms with van der Waals surface area (Å²) in [4.78, 5) is 23.8. The molecule has 0 aliphatic heterocycles. The molecule has 0 saturated carbocycles. The maximum atomic E-state index is 10.6. The average Bonchev–Trinajstić information content (AvgIpc) is 2.17. The molecule has 1 aromatic rings. The normalized spacial score (nSPS) is 8.50. The molecule has 0 atom stereocenters. The summed E-state index contributed by atoms with van der Waals surface area (Å²) < 4.78 is 0. The molecule has 0 spiro atoms. The molecule has 0 radical (unpaired) electrons. The van der Waals surface area contributed by atoms with Crippen molar-refractivity contribution in [3.8, 4) is 6.07 Å². The smallest absolute Gasteiger partial charge is 0.337 e. The minimum Gasteiger partial charge on any atom is -0.478 e. The van der Waals surface area contributed by atoms with E-state index >= 15 is 0 Å². The molecule has 0 aromatic heterocycles. The molecule has 0 fully saturated rings. The van der Waals surface area contributed by atoms with Crippen molar-refractivity contribution >= 4 is 17.7 Å². The molecular weight excluding hydrogens is 184 g/mol. The van der Waals surface area contributed by atoms with Gasteiger partial charge in [0, 0.05) is 0 Å². The van der Waals surface area contributed by atoms with Gasteiger partial charge in [0.15, 0.2) is 0 Å². The van der Waals surface area contributed by atoms with Crippen LogP contribution in [0.5, 0.6) is 0 Å². The molecular formula is C9H4N2O3. The highest BCUT2D eigenvalue weighted by atomic mass is 16.4. The van der Waals surface area contributed by atoms with Crippen molar-refractivity contribution in [3.63, 3.8) is 0 Å². The van der Waals surface area contributed by atoms with Crippen molar-refractivity contribution in [2.45, 2.75) is 0 Å². The molecule has 5 heteroatoms. The summed E-state index contributed by atoms with van der Waals surface area (Å²) in [6.45, 7) is 0. The number of aromatic carboxylic acids is 1. The summed E-state index contributed by atoms with van der Waals surface area (Å²) in [7, 11) is 0. The third-order valence-corrected chi connectivity index (χ3v) is 1.53. The van der Waals surface area contributed by atoms with E-state index < -0.39 is 5.97 Å². The Hall–Kier alpha value is -2.44. The summed E-state index contributed by atoms with van der Waals surface area (Å²) in [6.07, 6.45) is 1.30. The first-order valence-corrected chi connectivity index (χ1v) is 3.54. The fraction of sp³-hybridized carbons (Fsp3) is 0. The van der Waals surface area contributed by atoms with Crippen LogP contribution in [0.2, 0.25) is 0 Å². The van der Waals surface area contributed by atoms with Crippen molar-refractivity contribution in [2.24, 2.45) is 4.99 Å². The predicted octanol–water partition coefficient (Wildman–Crippen LogP) is 1.22. The lowest BCUT2D eigenvalue weighted by molar-refractivity contribution is 0.0696. The van der Waals surface area contributed by atoms with E-state index in [-0.39, 0.29) is 16.8 Å². The molecule has 0 unspecified atom stereocenters. The topological polar surface area (TPSA) is 90.5 Å². The van der Waals surface area contributed by atoms with Crippen LogP contribution in [-0.4, -0.2) is 17.2 Å². The molecule has 1 rings (SSSR count). The lowest BCUT2D eigenvalue weighted by Crippen LogP contribution is -1.99. The fourth-order valence-electron chi connectivity index (χ4n) is 0.933. The lowest BCUT2D eigenvalue weighted by Gasteiger charge is -1.97. The summed E-state index contributed by atoms with van der Waals surface area (Å²) in [6, 6.07) is 5.47. The van der Waals surface area contributed by atoms with E-state index in [9.17, 15) is 9.59 Å². The highest BCUT2D eigenvalue weighted by Gasteiger charge is 2.09. The molecule has 0 aliphatic carbocycles. The lowest BCUT2D eigenvalue weighted by atomic mass is 10.1. The molecule has 0 bridgehead atoms. The third kappa shape index (κ3) is 1.83. The Bertz CT molecular complexity index is 467. The maximum absolute atomic E-state index is 10.6. The van der Waals surface area contributed by atoms with Crippen LogP contribution < -0.4 is 0 Å². The van der Waals surface area contributed by atoms with Gasteiger partial charge in [-0.25, -0.2) is 9.59 Å². The van der Waals surface area contributed by atoms with E-state index in [4.69, 9.17) is 10.4 Å². The molecule has 0 aliphatic rings. The number of carboxylic acids is 1. The number of carboxylic acid groups (broad SMARTS) is 1. The van der Waals surface area contributed by atoms with Gasteiger partial charge < -0.3 is 5.11 Å². The second-order valence-corrected chi connectivity index (χ2v) is 2.35. The zero-order valence-corrected chi connectivity index (χ0v) is 6.89.